The van der Waals surface area contributed by atoms with Gasteiger partial charge >= 0.3 is 0 Å². The first-order valence-corrected chi connectivity index (χ1v) is 13.9. The van der Waals surface area contributed by atoms with Crippen molar-refractivity contribution in [1.82, 2.24) is 9.97 Å². The maximum atomic E-state index is 6.04. The van der Waals surface area contributed by atoms with E-state index in [4.69, 9.17) is 19.5 Å². The minimum Gasteiger partial charge on any atom is -0.474 e. The zero-order valence-electron chi connectivity index (χ0n) is 23.0. The SMILES string of the molecule is CC(C)[C@H]1COC(c2ccc(C(c3ccccc3)(c3ccccc3)c3ccc(C4=N[C@@H](C(C)C)CO4)[nH]3)[nH]2)=N1. The molecule has 0 saturated heterocycles. The van der Waals surface area contributed by atoms with E-state index < -0.39 is 5.41 Å². The lowest BCUT2D eigenvalue weighted by molar-refractivity contribution is 0.291. The van der Waals surface area contributed by atoms with Gasteiger partial charge in [-0.3, -0.25) is 0 Å². The number of ether oxygens (including phenoxy) is 2. The third kappa shape index (κ3) is 4.48. The first kappa shape index (κ1) is 25.2. The van der Waals surface area contributed by atoms with E-state index in [0.717, 1.165) is 33.9 Å². The lowest BCUT2D eigenvalue weighted by Gasteiger charge is -2.34. The number of benzene rings is 2. The number of hydrogen-bond acceptors (Lipinski definition) is 4. The van der Waals surface area contributed by atoms with Crippen LogP contribution in [0, 0.1) is 11.8 Å². The van der Waals surface area contributed by atoms with Gasteiger partial charge in [-0.1, -0.05) is 88.4 Å². The van der Waals surface area contributed by atoms with E-state index in [-0.39, 0.29) is 12.1 Å². The summed E-state index contributed by atoms with van der Waals surface area (Å²) in [5, 5.41) is 0. The van der Waals surface area contributed by atoms with E-state index >= 15 is 0 Å². The molecule has 0 unspecified atom stereocenters. The van der Waals surface area contributed by atoms with Gasteiger partial charge in [-0.25, -0.2) is 9.98 Å². The normalized spacial score (nSPS) is 19.2. The van der Waals surface area contributed by atoms with Crippen LogP contribution in [0.15, 0.2) is 94.9 Å². The highest BCUT2D eigenvalue weighted by molar-refractivity contribution is 5.94. The summed E-state index contributed by atoms with van der Waals surface area (Å²) < 4.78 is 12.1. The predicted octanol–water partition coefficient (Wildman–Crippen LogP) is 6.33. The zero-order chi connectivity index (χ0) is 27.0. The molecule has 2 aliphatic heterocycles. The number of nitrogens with one attached hydrogen (secondary N) is 2. The van der Waals surface area contributed by atoms with Gasteiger partial charge in [-0.15, -0.1) is 0 Å². The Hall–Kier alpha value is -4.06. The Kier molecular flexibility index (Phi) is 6.63. The number of aromatic nitrogens is 2. The van der Waals surface area contributed by atoms with Gasteiger partial charge in [0.2, 0.25) is 11.8 Å². The van der Waals surface area contributed by atoms with Crippen LogP contribution >= 0.6 is 0 Å². The third-order valence-corrected chi connectivity index (χ3v) is 7.94. The summed E-state index contributed by atoms with van der Waals surface area (Å²) in [5.74, 6) is 2.21. The molecule has 2 aromatic heterocycles. The van der Waals surface area contributed by atoms with Crippen molar-refractivity contribution in [1.29, 1.82) is 0 Å². The van der Waals surface area contributed by atoms with E-state index in [1.54, 1.807) is 0 Å². The van der Waals surface area contributed by atoms with Crippen molar-refractivity contribution in [3.05, 3.63) is 119 Å². The van der Waals surface area contributed by atoms with Gasteiger partial charge in [-0.05, 0) is 47.2 Å². The average Bonchev–Trinajstić information content (AvgIpc) is 3.76. The van der Waals surface area contributed by atoms with Gasteiger partial charge in [0, 0.05) is 11.4 Å². The molecule has 0 fully saturated rings. The van der Waals surface area contributed by atoms with Crippen molar-refractivity contribution < 1.29 is 9.47 Å². The Balaban J connectivity index is 1.52. The molecule has 6 nitrogen and oxygen atoms in total. The molecule has 0 amide bonds. The first-order valence-electron chi connectivity index (χ1n) is 13.9. The number of hydrogen-bond donors (Lipinski definition) is 2. The molecular formula is C33H36N4O2. The molecule has 4 heterocycles. The molecule has 6 heteroatoms. The first-order chi connectivity index (χ1) is 19.0. The standard InChI is InChI=1S/C33H36N4O2/c1-21(2)27-19-38-31(36-27)25-15-17-29(34-25)33(23-11-7-5-8-12-23,24-13-9-6-10-14-24)30-18-16-26(35-30)32-37-28(20-39-32)22(3)4/h5-18,21-22,27-28,34-35H,19-20H2,1-4H3/t27-,28-/m1/s1. The average molecular weight is 521 g/mol. The summed E-state index contributed by atoms with van der Waals surface area (Å²) in [6.07, 6.45) is 0. The van der Waals surface area contributed by atoms with Crippen LogP contribution in [0.5, 0.6) is 0 Å². The molecule has 0 spiro atoms. The highest BCUT2D eigenvalue weighted by Gasteiger charge is 2.42. The molecule has 2 atom stereocenters. The summed E-state index contributed by atoms with van der Waals surface area (Å²) in [6, 6.07) is 30.0. The molecule has 200 valence electrons. The van der Waals surface area contributed by atoms with Crippen LogP contribution in [0.1, 0.15) is 61.6 Å². The van der Waals surface area contributed by atoms with Crippen molar-refractivity contribution in [2.45, 2.75) is 45.2 Å². The molecule has 0 aliphatic carbocycles. The number of aromatic amines is 2. The van der Waals surface area contributed by atoms with Crippen LogP contribution in [-0.4, -0.2) is 47.1 Å². The van der Waals surface area contributed by atoms with Crippen LogP contribution < -0.4 is 0 Å². The van der Waals surface area contributed by atoms with Crippen molar-refractivity contribution in [3.63, 3.8) is 0 Å². The van der Waals surface area contributed by atoms with Crippen molar-refractivity contribution in [2.75, 3.05) is 13.2 Å². The molecule has 4 aromatic rings. The van der Waals surface area contributed by atoms with Crippen molar-refractivity contribution >= 4 is 11.8 Å². The van der Waals surface area contributed by atoms with E-state index in [9.17, 15) is 0 Å². The van der Waals surface area contributed by atoms with E-state index in [1.165, 1.54) is 0 Å². The fourth-order valence-electron chi connectivity index (χ4n) is 5.54. The second-order valence-electron chi connectivity index (χ2n) is 11.2. The number of rotatable bonds is 8. The Labute approximate surface area is 230 Å². The summed E-state index contributed by atoms with van der Waals surface area (Å²) in [5.41, 5.74) is 5.46. The van der Waals surface area contributed by atoms with Crippen molar-refractivity contribution in [3.8, 4) is 0 Å². The van der Waals surface area contributed by atoms with Crippen LogP contribution in [-0.2, 0) is 14.9 Å². The molecule has 2 aliphatic rings. The van der Waals surface area contributed by atoms with Gasteiger partial charge in [0.1, 0.15) is 30.0 Å². The van der Waals surface area contributed by atoms with Crippen LogP contribution in [0.4, 0.5) is 0 Å². The Morgan fingerprint density at radius 3 is 1.38 bits per heavy atom. The monoisotopic (exact) mass is 520 g/mol. The maximum absolute atomic E-state index is 6.04. The van der Waals surface area contributed by atoms with E-state index in [2.05, 4.69) is 123 Å². The lowest BCUT2D eigenvalue weighted by atomic mass is 9.69. The molecule has 6 rings (SSSR count). The second kappa shape index (κ2) is 10.3. The Morgan fingerprint density at radius 2 is 1.03 bits per heavy atom. The molecule has 0 saturated carbocycles. The fraction of sp³-hybridized carbons (Fsp3) is 0.333. The second-order valence-corrected chi connectivity index (χ2v) is 11.2. The molecule has 0 bridgehead atoms. The topological polar surface area (TPSA) is 74.8 Å². The van der Waals surface area contributed by atoms with Gasteiger partial charge < -0.3 is 19.4 Å². The zero-order valence-corrected chi connectivity index (χ0v) is 23.0. The van der Waals surface area contributed by atoms with Gasteiger partial charge in [0.05, 0.1) is 12.1 Å². The Morgan fingerprint density at radius 1 is 0.615 bits per heavy atom. The van der Waals surface area contributed by atoms with Crippen LogP contribution in [0.25, 0.3) is 0 Å². The molecule has 39 heavy (non-hydrogen) atoms. The minimum atomic E-state index is -0.647. The number of H-pyrrole nitrogens is 2. The van der Waals surface area contributed by atoms with Gasteiger partial charge in [0.25, 0.3) is 0 Å². The highest BCUT2D eigenvalue weighted by atomic mass is 16.5. The summed E-state index contributed by atoms with van der Waals surface area (Å²) in [7, 11) is 0. The lowest BCUT2D eigenvalue weighted by Crippen LogP contribution is -2.32. The molecule has 0 radical (unpaired) electrons. The smallest absolute Gasteiger partial charge is 0.233 e. The fourth-order valence-corrected chi connectivity index (χ4v) is 5.54. The molecular weight excluding hydrogens is 484 g/mol. The summed E-state index contributed by atoms with van der Waals surface area (Å²) in [6.45, 7) is 9.95. The van der Waals surface area contributed by atoms with Gasteiger partial charge in [-0.2, -0.15) is 0 Å². The number of aliphatic imine (C=N–C) groups is 2. The predicted molar refractivity (Wildman–Crippen MR) is 156 cm³/mol. The van der Waals surface area contributed by atoms with Crippen LogP contribution in [0.3, 0.4) is 0 Å². The van der Waals surface area contributed by atoms with E-state index in [0.29, 0.717) is 36.8 Å². The van der Waals surface area contributed by atoms with Crippen LogP contribution in [0.2, 0.25) is 0 Å². The third-order valence-electron chi connectivity index (χ3n) is 7.94. The minimum absolute atomic E-state index is 0.174. The largest absolute Gasteiger partial charge is 0.474 e. The highest BCUT2D eigenvalue weighted by Crippen LogP contribution is 2.44. The number of nitrogens with zero attached hydrogens (tertiary/aromatic N) is 2. The summed E-state index contributed by atoms with van der Waals surface area (Å²) in [4.78, 5) is 17.2. The quantitative estimate of drug-likeness (QED) is 0.285. The van der Waals surface area contributed by atoms with Crippen molar-refractivity contribution in [2.24, 2.45) is 21.8 Å². The van der Waals surface area contributed by atoms with Gasteiger partial charge in [0.15, 0.2) is 0 Å². The molecule has 2 aromatic carbocycles. The molecule has 2 N–H and O–H groups in total. The van der Waals surface area contributed by atoms with E-state index in [1.807, 2.05) is 0 Å². The maximum Gasteiger partial charge on any atom is 0.233 e. The Bertz CT molecular complexity index is 1370. The summed E-state index contributed by atoms with van der Waals surface area (Å²) >= 11 is 0.